The van der Waals surface area contributed by atoms with E-state index in [1.54, 1.807) is 0 Å². The Balaban J connectivity index is 1.73. The predicted molar refractivity (Wildman–Crippen MR) is 105 cm³/mol. The van der Waals surface area contributed by atoms with E-state index in [1.165, 1.54) is 31.3 Å². The van der Waals surface area contributed by atoms with Gasteiger partial charge in [-0.05, 0) is 49.2 Å². The zero-order chi connectivity index (χ0) is 21.4. The van der Waals surface area contributed by atoms with Gasteiger partial charge in [0.25, 0.3) is 5.91 Å². The number of hydrogen-bond acceptors (Lipinski definition) is 5. The lowest BCUT2D eigenvalue weighted by atomic mass is 10.1. The minimum atomic E-state index is -0.690. The average molecular weight is 402 g/mol. The van der Waals surface area contributed by atoms with Gasteiger partial charge in [-0.1, -0.05) is 18.2 Å². The second kappa shape index (κ2) is 10.2. The third-order valence-electron chi connectivity index (χ3n) is 4.03. The first kappa shape index (κ1) is 21.9. The number of carbonyl (C=O) groups excluding carboxylic acids is 3. The minimum absolute atomic E-state index is 0.243. The zero-order valence-corrected chi connectivity index (χ0v) is 16.5. The van der Waals surface area contributed by atoms with Gasteiger partial charge in [0, 0.05) is 12.7 Å². The summed E-state index contributed by atoms with van der Waals surface area (Å²) in [4.78, 5) is 36.9. The molecule has 0 aromatic heterocycles. The van der Waals surface area contributed by atoms with E-state index >= 15 is 0 Å². The van der Waals surface area contributed by atoms with Crippen LogP contribution in [-0.2, 0) is 19.1 Å². The number of likely N-dealkylation sites (N-methyl/N-ethyl adjacent to an activating group) is 1. The summed E-state index contributed by atoms with van der Waals surface area (Å²) in [5.41, 5.74) is 2.19. The van der Waals surface area contributed by atoms with Crippen LogP contribution in [0, 0.1) is 19.7 Å². The zero-order valence-electron chi connectivity index (χ0n) is 16.5. The normalized spacial score (nSPS) is 10.2. The molecule has 0 spiro atoms. The number of para-hydroxylation sites is 1. The van der Waals surface area contributed by atoms with Crippen molar-refractivity contribution in [2.24, 2.45) is 0 Å². The third-order valence-corrected chi connectivity index (χ3v) is 4.03. The number of amides is 2. The fraction of sp³-hybridized carbons (Fsp3) is 0.286. The van der Waals surface area contributed by atoms with Crippen molar-refractivity contribution < 1.29 is 28.2 Å². The summed E-state index contributed by atoms with van der Waals surface area (Å²) >= 11 is 0. The Morgan fingerprint density at radius 1 is 1.00 bits per heavy atom. The molecule has 0 saturated carbocycles. The molecule has 2 aromatic rings. The molecule has 8 heteroatoms. The SMILES string of the molecule is Cc1cccc(C)c1OCC(=O)OCC(=O)N(C)CC(=O)Nc1ccc(F)cc1. The van der Waals surface area contributed by atoms with Gasteiger partial charge in [0.2, 0.25) is 5.91 Å². The summed E-state index contributed by atoms with van der Waals surface area (Å²) < 4.78 is 23.2. The van der Waals surface area contributed by atoms with Gasteiger partial charge in [-0.3, -0.25) is 9.59 Å². The van der Waals surface area contributed by atoms with Crippen molar-refractivity contribution in [1.29, 1.82) is 0 Å². The highest BCUT2D eigenvalue weighted by Crippen LogP contribution is 2.22. The molecule has 2 amide bonds. The predicted octanol–water partition coefficient (Wildman–Crippen LogP) is 2.46. The second-order valence-corrected chi connectivity index (χ2v) is 6.48. The molecule has 0 aliphatic heterocycles. The minimum Gasteiger partial charge on any atom is -0.481 e. The standard InChI is InChI=1S/C21H23FN2O5/c1-14-5-4-6-15(2)21(14)29-13-20(27)28-12-19(26)24(3)11-18(25)23-17-9-7-16(22)8-10-17/h4-10H,11-13H2,1-3H3,(H,23,25). The molecule has 0 heterocycles. The van der Waals surface area contributed by atoms with Crippen LogP contribution < -0.4 is 10.1 Å². The number of benzene rings is 2. The van der Waals surface area contributed by atoms with E-state index in [0.717, 1.165) is 16.0 Å². The molecule has 154 valence electrons. The largest absolute Gasteiger partial charge is 0.481 e. The van der Waals surface area contributed by atoms with Crippen LogP contribution in [0.2, 0.25) is 0 Å². The first-order valence-electron chi connectivity index (χ1n) is 8.90. The first-order valence-corrected chi connectivity index (χ1v) is 8.90. The van der Waals surface area contributed by atoms with E-state index in [1.807, 2.05) is 32.0 Å². The molecule has 0 radical (unpaired) electrons. The average Bonchev–Trinajstić information content (AvgIpc) is 2.67. The van der Waals surface area contributed by atoms with Gasteiger partial charge in [-0.15, -0.1) is 0 Å². The Morgan fingerprint density at radius 3 is 2.24 bits per heavy atom. The lowest BCUT2D eigenvalue weighted by molar-refractivity contribution is -0.153. The molecular weight excluding hydrogens is 379 g/mol. The van der Waals surface area contributed by atoms with Crippen LogP contribution in [0.5, 0.6) is 5.75 Å². The summed E-state index contributed by atoms with van der Waals surface area (Å²) in [5, 5.41) is 2.54. The molecule has 2 rings (SSSR count). The van der Waals surface area contributed by atoms with Crippen molar-refractivity contribution in [2.45, 2.75) is 13.8 Å². The van der Waals surface area contributed by atoms with Crippen LogP contribution in [0.4, 0.5) is 10.1 Å². The highest BCUT2D eigenvalue weighted by Gasteiger charge is 2.16. The van der Waals surface area contributed by atoms with Crippen LogP contribution >= 0.6 is 0 Å². The maximum Gasteiger partial charge on any atom is 0.344 e. The van der Waals surface area contributed by atoms with E-state index in [4.69, 9.17) is 9.47 Å². The molecule has 29 heavy (non-hydrogen) atoms. The van der Waals surface area contributed by atoms with Crippen LogP contribution in [0.25, 0.3) is 0 Å². The van der Waals surface area contributed by atoms with Gasteiger partial charge >= 0.3 is 5.97 Å². The first-order chi connectivity index (χ1) is 13.8. The molecule has 0 fully saturated rings. The van der Waals surface area contributed by atoms with Crippen LogP contribution in [0.1, 0.15) is 11.1 Å². The Hall–Kier alpha value is -3.42. The van der Waals surface area contributed by atoms with Gasteiger partial charge in [-0.25, -0.2) is 9.18 Å². The van der Waals surface area contributed by atoms with Crippen LogP contribution in [-0.4, -0.2) is 49.5 Å². The number of carbonyl (C=O) groups is 3. The fourth-order valence-corrected chi connectivity index (χ4v) is 2.49. The Labute approximate surface area is 168 Å². The number of anilines is 1. The summed E-state index contributed by atoms with van der Waals surface area (Å²) in [6, 6.07) is 10.9. The lowest BCUT2D eigenvalue weighted by Gasteiger charge is -2.17. The van der Waals surface area contributed by atoms with Gasteiger partial charge in [0.1, 0.15) is 11.6 Å². The smallest absolute Gasteiger partial charge is 0.344 e. The molecule has 0 aliphatic carbocycles. The maximum absolute atomic E-state index is 12.9. The number of hydrogen-bond donors (Lipinski definition) is 1. The summed E-state index contributed by atoms with van der Waals surface area (Å²) in [5.74, 6) is -1.51. The van der Waals surface area contributed by atoms with E-state index in [0.29, 0.717) is 11.4 Å². The second-order valence-electron chi connectivity index (χ2n) is 6.48. The molecule has 0 unspecified atom stereocenters. The van der Waals surface area contributed by atoms with Crippen molar-refractivity contribution in [3.8, 4) is 5.75 Å². The third kappa shape index (κ3) is 6.91. The monoisotopic (exact) mass is 402 g/mol. The van der Waals surface area contributed by atoms with Gasteiger partial charge in [-0.2, -0.15) is 0 Å². The number of esters is 1. The molecule has 1 N–H and O–H groups in total. The van der Waals surface area contributed by atoms with Gasteiger partial charge in [0.05, 0.1) is 6.54 Å². The highest BCUT2D eigenvalue weighted by atomic mass is 19.1. The van der Waals surface area contributed by atoms with Gasteiger partial charge < -0.3 is 19.7 Å². The summed E-state index contributed by atoms with van der Waals surface area (Å²) in [6.45, 7) is 2.65. The number of rotatable bonds is 8. The van der Waals surface area contributed by atoms with Crippen LogP contribution in [0.15, 0.2) is 42.5 Å². The Morgan fingerprint density at radius 2 is 1.62 bits per heavy atom. The number of halogens is 1. The summed E-state index contributed by atoms with van der Waals surface area (Å²) in [7, 11) is 1.41. The molecule has 7 nitrogen and oxygen atoms in total. The topological polar surface area (TPSA) is 84.9 Å². The van der Waals surface area contributed by atoms with Gasteiger partial charge in [0.15, 0.2) is 13.2 Å². The van der Waals surface area contributed by atoms with Crippen molar-refractivity contribution in [2.75, 3.05) is 32.1 Å². The number of nitrogens with zero attached hydrogens (tertiary/aromatic N) is 1. The van der Waals surface area contributed by atoms with Crippen molar-refractivity contribution in [3.05, 3.63) is 59.4 Å². The molecule has 2 aromatic carbocycles. The van der Waals surface area contributed by atoms with Crippen molar-refractivity contribution in [3.63, 3.8) is 0 Å². The van der Waals surface area contributed by atoms with Crippen molar-refractivity contribution >= 4 is 23.5 Å². The number of aryl methyl sites for hydroxylation is 2. The van der Waals surface area contributed by atoms with E-state index in [-0.39, 0.29) is 13.2 Å². The molecular formula is C21H23FN2O5. The molecule has 0 saturated heterocycles. The van der Waals surface area contributed by atoms with Crippen LogP contribution in [0.3, 0.4) is 0 Å². The quantitative estimate of drug-likeness (QED) is 0.686. The molecule has 0 bridgehead atoms. The van der Waals surface area contributed by atoms with Crippen molar-refractivity contribution in [1.82, 2.24) is 4.90 Å². The Kier molecular flexibility index (Phi) is 7.70. The maximum atomic E-state index is 12.9. The summed E-state index contributed by atoms with van der Waals surface area (Å²) in [6.07, 6.45) is 0. The molecule has 0 atom stereocenters. The number of nitrogens with one attached hydrogen (secondary N) is 1. The number of ether oxygens (including phenoxy) is 2. The highest BCUT2D eigenvalue weighted by molar-refractivity contribution is 5.94. The molecule has 0 aliphatic rings. The van der Waals surface area contributed by atoms with E-state index in [2.05, 4.69) is 5.32 Å². The fourth-order valence-electron chi connectivity index (χ4n) is 2.49. The van der Waals surface area contributed by atoms with E-state index < -0.39 is 30.2 Å². The Bertz CT molecular complexity index is 863. The van der Waals surface area contributed by atoms with E-state index in [9.17, 15) is 18.8 Å². The lowest BCUT2D eigenvalue weighted by Crippen LogP contribution is -2.37.